The lowest BCUT2D eigenvalue weighted by atomic mass is 9.93. The van der Waals surface area contributed by atoms with Crippen molar-refractivity contribution in [3.63, 3.8) is 0 Å². The van der Waals surface area contributed by atoms with Crippen LogP contribution in [-0.2, 0) is 9.53 Å². The fraction of sp³-hybridized carbons (Fsp3) is 0.588. The van der Waals surface area contributed by atoms with E-state index in [-0.39, 0.29) is 18.5 Å². The Morgan fingerprint density at radius 1 is 1.38 bits per heavy atom. The van der Waals surface area contributed by atoms with Gasteiger partial charge in [-0.2, -0.15) is 0 Å². The van der Waals surface area contributed by atoms with Crippen LogP contribution >= 0.6 is 0 Å². The molecule has 1 aromatic rings. The molecule has 1 N–H and O–H groups in total. The molecule has 2 unspecified atom stereocenters. The summed E-state index contributed by atoms with van der Waals surface area (Å²) < 4.78 is 5.50. The van der Waals surface area contributed by atoms with Crippen LogP contribution in [0, 0.1) is 5.92 Å². The van der Waals surface area contributed by atoms with Crippen molar-refractivity contribution >= 4 is 5.97 Å². The molecule has 21 heavy (non-hydrogen) atoms. The first kappa shape index (κ1) is 16.0. The molecule has 4 nitrogen and oxygen atoms in total. The van der Waals surface area contributed by atoms with Crippen LogP contribution < -0.4 is 0 Å². The lowest BCUT2D eigenvalue weighted by Gasteiger charge is -2.41. The highest BCUT2D eigenvalue weighted by Crippen LogP contribution is 2.31. The maximum absolute atomic E-state index is 11.1. The summed E-state index contributed by atoms with van der Waals surface area (Å²) in [6, 6.07) is 10.6. The van der Waals surface area contributed by atoms with Crippen molar-refractivity contribution in [1.82, 2.24) is 4.90 Å². The summed E-state index contributed by atoms with van der Waals surface area (Å²) in [7, 11) is 0. The third-order valence-electron chi connectivity index (χ3n) is 3.96. The number of carbonyl (C=O) groups is 1. The standard InChI is InChI=1S/C17H25NO3/c1-13(2)10-16(14-6-4-3-5-7-14)18-8-9-21-12-15(18)11-17(19)20/h3-7,13,15-16H,8-12H2,1-2H3,(H,19,20). The highest BCUT2D eigenvalue weighted by atomic mass is 16.5. The van der Waals surface area contributed by atoms with Crippen LogP contribution in [0.15, 0.2) is 30.3 Å². The highest BCUT2D eigenvalue weighted by Gasteiger charge is 2.32. The van der Waals surface area contributed by atoms with Crippen molar-refractivity contribution in [1.29, 1.82) is 0 Å². The largest absolute Gasteiger partial charge is 0.481 e. The Hall–Kier alpha value is -1.39. The van der Waals surface area contributed by atoms with Crippen molar-refractivity contribution in [3.05, 3.63) is 35.9 Å². The second-order valence-electron chi connectivity index (χ2n) is 6.12. The van der Waals surface area contributed by atoms with E-state index in [1.165, 1.54) is 5.56 Å². The predicted octanol–water partition coefficient (Wildman–Crippen LogP) is 2.95. The predicted molar refractivity (Wildman–Crippen MR) is 82.2 cm³/mol. The Morgan fingerprint density at radius 3 is 2.71 bits per heavy atom. The molecule has 1 aliphatic heterocycles. The minimum atomic E-state index is -0.758. The Balaban J connectivity index is 2.22. The molecule has 2 rings (SSSR count). The van der Waals surface area contributed by atoms with E-state index < -0.39 is 5.97 Å². The summed E-state index contributed by atoms with van der Waals surface area (Å²) in [6.07, 6.45) is 1.17. The molecule has 0 saturated carbocycles. The first-order valence-electron chi connectivity index (χ1n) is 7.68. The Kier molecular flexibility index (Phi) is 5.76. The Bertz CT molecular complexity index is 447. The molecule has 1 aliphatic rings. The first-order valence-corrected chi connectivity index (χ1v) is 7.68. The van der Waals surface area contributed by atoms with E-state index in [9.17, 15) is 4.79 Å². The second kappa shape index (κ2) is 7.57. The smallest absolute Gasteiger partial charge is 0.305 e. The quantitative estimate of drug-likeness (QED) is 0.875. The molecule has 2 atom stereocenters. The Labute approximate surface area is 126 Å². The van der Waals surface area contributed by atoms with Gasteiger partial charge in [-0.05, 0) is 17.9 Å². The fourth-order valence-corrected chi connectivity index (χ4v) is 3.04. The van der Waals surface area contributed by atoms with Crippen molar-refractivity contribution in [2.24, 2.45) is 5.92 Å². The van der Waals surface area contributed by atoms with E-state index in [1.807, 2.05) is 6.07 Å². The van der Waals surface area contributed by atoms with E-state index in [4.69, 9.17) is 9.84 Å². The van der Waals surface area contributed by atoms with Crippen molar-refractivity contribution in [2.75, 3.05) is 19.8 Å². The molecule has 0 amide bonds. The zero-order valence-corrected chi connectivity index (χ0v) is 12.9. The van der Waals surface area contributed by atoms with Gasteiger partial charge in [0, 0.05) is 18.6 Å². The number of ether oxygens (including phenoxy) is 1. The number of carboxylic acids is 1. The molecule has 1 fully saturated rings. The SMILES string of the molecule is CC(C)CC(c1ccccc1)N1CCOCC1CC(=O)O. The zero-order chi connectivity index (χ0) is 15.2. The number of hydrogen-bond acceptors (Lipinski definition) is 3. The summed E-state index contributed by atoms with van der Waals surface area (Å²) in [5, 5.41) is 9.14. The summed E-state index contributed by atoms with van der Waals surface area (Å²) in [5.74, 6) is -0.199. The van der Waals surface area contributed by atoms with Gasteiger partial charge in [0.15, 0.2) is 0 Å². The average molecular weight is 291 g/mol. The van der Waals surface area contributed by atoms with Crippen LogP contribution in [0.3, 0.4) is 0 Å². The lowest BCUT2D eigenvalue weighted by molar-refractivity contribution is -0.141. The van der Waals surface area contributed by atoms with Gasteiger partial charge in [-0.15, -0.1) is 0 Å². The average Bonchev–Trinajstić information content (AvgIpc) is 2.46. The van der Waals surface area contributed by atoms with Crippen molar-refractivity contribution < 1.29 is 14.6 Å². The molecule has 0 bridgehead atoms. The van der Waals surface area contributed by atoms with Crippen molar-refractivity contribution in [2.45, 2.75) is 38.8 Å². The maximum Gasteiger partial charge on any atom is 0.305 e. The molecule has 4 heteroatoms. The van der Waals surface area contributed by atoms with Crippen LogP contribution in [0.4, 0.5) is 0 Å². The molecule has 1 aromatic carbocycles. The highest BCUT2D eigenvalue weighted by molar-refractivity contribution is 5.67. The van der Waals surface area contributed by atoms with E-state index in [2.05, 4.69) is 43.0 Å². The Morgan fingerprint density at radius 2 is 2.10 bits per heavy atom. The summed E-state index contributed by atoms with van der Waals surface area (Å²) in [5.41, 5.74) is 1.27. The third-order valence-corrected chi connectivity index (χ3v) is 3.96. The van der Waals surface area contributed by atoms with Gasteiger partial charge < -0.3 is 9.84 Å². The number of carboxylic acid groups (broad SMARTS) is 1. The van der Waals surface area contributed by atoms with Gasteiger partial charge in [-0.1, -0.05) is 44.2 Å². The minimum Gasteiger partial charge on any atom is -0.481 e. The number of nitrogens with zero attached hydrogens (tertiary/aromatic N) is 1. The summed E-state index contributed by atoms with van der Waals surface area (Å²) >= 11 is 0. The van der Waals surface area contributed by atoms with E-state index in [1.54, 1.807) is 0 Å². The van der Waals surface area contributed by atoms with Crippen LogP contribution in [0.1, 0.15) is 38.3 Å². The van der Waals surface area contributed by atoms with Crippen molar-refractivity contribution in [3.8, 4) is 0 Å². The van der Waals surface area contributed by atoms with Crippen LogP contribution in [0.2, 0.25) is 0 Å². The first-order chi connectivity index (χ1) is 10.1. The van der Waals surface area contributed by atoms with Gasteiger partial charge in [-0.3, -0.25) is 9.69 Å². The number of aliphatic carboxylic acids is 1. The molecule has 116 valence electrons. The minimum absolute atomic E-state index is 0.0415. The van der Waals surface area contributed by atoms with Crippen LogP contribution in [-0.4, -0.2) is 41.8 Å². The van der Waals surface area contributed by atoms with Crippen LogP contribution in [0.5, 0.6) is 0 Å². The molecule has 1 saturated heterocycles. The van der Waals surface area contributed by atoms with Gasteiger partial charge in [-0.25, -0.2) is 0 Å². The van der Waals surface area contributed by atoms with Gasteiger partial charge in [0.1, 0.15) is 0 Å². The molecule has 0 spiro atoms. The van der Waals surface area contributed by atoms with E-state index in [0.29, 0.717) is 19.1 Å². The van der Waals surface area contributed by atoms with E-state index >= 15 is 0 Å². The zero-order valence-electron chi connectivity index (χ0n) is 12.9. The monoisotopic (exact) mass is 291 g/mol. The van der Waals surface area contributed by atoms with Gasteiger partial charge in [0.25, 0.3) is 0 Å². The maximum atomic E-state index is 11.1. The topological polar surface area (TPSA) is 49.8 Å². The number of hydrogen-bond donors (Lipinski definition) is 1. The normalized spacial score (nSPS) is 21.4. The molecule has 0 aliphatic carbocycles. The fourth-order valence-electron chi connectivity index (χ4n) is 3.04. The molecule has 0 aromatic heterocycles. The second-order valence-corrected chi connectivity index (χ2v) is 6.12. The third kappa shape index (κ3) is 4.55. The lowest BCUT2D eigenvalue weighted by Crippen LogP contribution is -2.48. The summed E-state index contributed by atoms with van der Waals surface area (Å²) in [6.45, 7) is 6.40. The number of morpholine rings is 1. The van der Waals surface area contributed by atoms with Crippen LogP contribution in [0.25, 0.3) is 0 Å². The molecular formula is C17H25NO3. The molecule has 1 heterocycles. The molecule has 0 radical (unpaired) electrons. The molecular weight excluding hydrogens is 266 g/mol. The summed E-state index contributed by atoms with van der Waals surface area (Å²) in [4.78, 5) is 13.4. The van der Waals surface area contributed by atoms with Gasteiger partial charge in [0.2, 0.25) is 0 Å². The van der Waals surface area contributed by atoms with Gasteiger partial charge in [0.05, 0.1) is 19.6 Å². The number of benzene rings is 1. The van der Waals surface area contributed by atoms with Gasteiger partial charge >= 0.3 is 5.97 Å². The van der Waals surface area contributed by atoms with E-state index in [0.717, 1.165) is 13.0 Å². The number of rotatable bonds is 6.